The van der Waals surface area contributed by atoms with E-state index in [0.717, 1.165) is 22.1 Å². The number of hydrogen-bond acceptors (Lipinski definition) is 8. The monoisotopic (exact) mass is 449 g/mol. The topological polar surface area (TPSA) is 106 Å². The molecule has 160 valence electrons. The Labute approximate surface area is 177 Å². The van der Waals surface area contributed by atoms with Crippen molar-refractivity contribution < 1.29 is 8.42 Å². The second-order valence-electron chi connectivity index (χ2n) is 7.57. The van der Waals surface area contributed by atoms with Crippen LogP contribution in [0.5, 0.6) is 0 Å². The highest BCUT2D eigenvalue weighted by atomic mass is 32.2. The molecule has 1 aliphatic rings. The van der Waals surface area contributed by atoms with Gasteiger partial charge in [0.05, 0.1) is 9.60 Å². The number of sulfone groups is 1. The molecule has 3 heterocycles. The Hall–Kier alpha value is -2.66. The molecular weight excluding hydrogens is 426 g/mol. The molecule has 0 atom stereocenters. The fourth-order valence-electron chi connectivity index (χ4n) is 3.73. The SMILES string of the molecule is Cn1cc(N2CCC(Nc3nc4c(S(C)(=O)=O)cccc4s3)CC2)c(=O)n(C)c1=O. The predicted octanol–water partition coefficient (Wildman–Crippen LogP) is 1.18. The Kier molecular flexibility index (Phi) is 5.18. The van der Waals surface area contributed by atoms with Crippen molar-refractivity contribution in [3.05, 3.63) is 45.2 Å². The molecule has 9 nitrogen and oxygen atoms in total. The van der Waals surface area contributed by atoms with Crippen molar-refractivity contribution in [2.45, 2.75) is 23.8 Å². The van der Waals surface area contributed by atoms with Gasteiger partial charge in [0.15, 0.2) is 15.0 Å². The number of aromatic nitrogens is 3. The van der Waals surface area contributed by atoms with Crippen LogP contribution in [-0.2, 0) is 23.9 Å². The van der Waals surface area contributed by atoms with E-state index in [-0.39, 0.29) is 22.2 Å². The summed E-state index contributed by atoms with van der Waals surface area (Å²) in [5, 5.41) is 4.11. The summed E-state index contributed by atoms with van der Waals surface area (Å²) in [6.45, 7) is 1.34. The van der Waals surface area contributed by atoms with E-state index in [1.807, 2.05) is 11.0 Å². The number of rotatable bonds is 4. The Balaban J connectivity index is 1.50. The van der Waals surface area contributed by atoms with Crippen LogP contribution >= 0.6 is 11.3 Å². The zero-order valence-electron chi connectivity index (χ0n) is 17.0. The third kappa shape index (κ3) is 3.74. The number of nitrogens with zero attached hydrogens (tertiary/aromatic N) is 4. The Morgan fingerprint density at radius 1 is 1.17 bits per heavy atom. The second-order valence-corrected chi connectivity index (χ2v) is 10.6. The smallest absolute Gasteiger partial charge is 0.330 e. The lowest BCUT2D eigenvalue weighted by molar-refractivity contribution is 0.521. The van der Waals surface area contributed by atoms with Gasteiger partial charge in [0.25, 0.3) is 5.56 Å². The van der Waals surface area contributed by atoms with Crippen LogP contribution in [0.25, 0.3) is 10.2 Å². The number of piperidine rings is 1. The standard InChI is InChI=1S/C19H23N5O4S2/c1-22-11-13(17(25)23(2)19(22)26)24-9-7-12(8-10-24)20-18-21-16-14(29-18)5-4-6-15(16)30(3,27)28/h4-6,11-12H,7-10H2,1-3H3,(H,20,21). The maximum absolute atomic E-state index is 12.5. The van der Waals surface area contributed by atoms with Gasteiger partial charge in [-0.15, -0.1) is 0 Å². The second kappa shape index (κ2) is 7.55. The number of benzene rings is 1. The minimum absolute atomic E-state index is 0.167. The first kappa shape index (κ1) is 20.6. The number of aryl methyl sites for hydroxylation is 1. The van der Waals surface area contributed by atoms with Crippen LogP contribution in [0, 0.1) is 0 Å². The molecule has 0 saturated carbocycles. The van der Waals surface area contributed by atoms with E-state index < -0.39 is 9.84 Å². The van der Waals surface area contributed by atoms with Crippen LogP contribution in [0.15, 0.2) is 38.9 Å². The first-order chi connectivity index (χ1) is 14.1. The van der Waals surface area contributed by atoms with Crippen LogP contribution in [-0.4, -0.2) is 47.9 Å². The minimum Gasteiger partial charge on any atom is -0.366 e. The average Bonchev–Trinajstić information content (AvgIpc) is 3.11. The Morgan fingerprint density at radius 2 is 1.87 bits per heavy atom. The molecule has 0 bridgehead atoms. The molecule has 0 amide bonds. The van der Waals surface area contributed by atoms with Gasteiger partial charge in [0.1, 0.15) is 11.2 Å². The van der Waals surface area contributed by atoms with E-state index >= 15 is 0 Å². The van der Waals surface area contributed by atoms with Crippen LogP contribution < -0.4 is 21.5 Å². The summed E-state index contributed by atoms with van der Waals surface area (Å²) in [6, 6.07) is 5.34. The lowest BCUT2D eigenvalue weighted by Gasteiger charge is -2.33. The Morgan fingerprint density at radius 3 is 2.53 bits per heavy atom. The van der Waals surface area contributed by atoms with Crippen LogP contribution in [0.2, 0.25) is 0 Å². The zero-order valence-corrected chi connectivity index (χ0v) is 18.6. The van der Waals surface area contributed by atoms with E-state index in [2.05, 4.69) is 10.3 Å². The van der Waals surface area contributed by atoms with Crippen LogP contribution in [0.4, 0.5) is 10.8 Å². The van der Waals surface area contributed by atoms with Crippen molar-refractivity contribution >= 4 is 42.2 Å². The van der Waals surface area contributed by atoms with Crippen molar-refractivity contribution in [1.82, 2.24) is 14.1 Å². The number of para-hydroxylation sites is 1. The number of thiazole rings is 1. The molecule has 1 N–H and O–H groups in total. The first-order valence-electron chi connectivity index (χ1n) is 9.53. The summed E-state index contributed by atoms with van der Waals surface area (Å²) in [7, 11) is -0.225. The van der Waals surface area contributed by atoms with Crippen molar-refractivity contribution in [3.63, 3.8) is 0 Å². The first-order valence-corrected chi connectivity index (χ1v) is 12.2. The number of fused-ring (bicyclic) bond motifs is 1. The van der Waals surface area contributed by atoms with Gasteiger partial charge in [0, 0.05) is 45.7 Å². The molecule has 0 radical (unpaired) electrons. The summed E-state index contributed by atoms with van der Waals surface area (Å²) in [6.07, 6.45) is 4.37. The summed E-state index contributed by atoms with van der Waals surface area (Å²) in [5.41, 5.74) is 0.392. The molecule has 3 aromatic rings. The van der Waals surface area contributed by atoms with Crippen molar-refractivity contribution in [2.75, 3.05) is 29.6 Å². The quantitative estimate of drug-likeness (QED) is 0.637. The van der Waals surface area contributed by atoms with E-state index in [1.54, 1.807) is 25.4 Å². The predicted molar refractivity (Wildman–Crippen MR) is 119 cm³/mol. The summed E-state index contributed by atoms with van der Waals surface area (Å²) < 4.78 is 27.4. The van der Waals surface area contributed by atoms with E-state index in [4.69, 9.17) is 0 Å². The highest BCUT2D eigenvalue weighted by Crippen LogP contribution is 2.31. The maximum Gasteiger partial charge on any atom is 0.330 e. The van der Waals surface area contributed by atoms with Gasteiger partial charge >= 0.3 is 5.69 Å². The molecule has 0 unspecified atom stereocenters. The highest BCUT2D eigenvalue weighted by Gasteiger charge is 2.24. The molecule has 30 heavy (non-hydrogen) atoms. The lowest BCUT2D eigenvalue weighted by atomic mass is 10.1. The lowest BCUT2D eigenvalue weighted by Crippen LogP contribution is -2.45. The van der Waals surface area contributed by atoms with Gasteiger partial charge in [-0.1, -0.05) is 17.4 Å². The molecule has 1 saturated heterocycles. The van der Waals surface area contributed by atoms with Gasteiger partial charge in [0.2, 0.25) is 0 Å². The van der Waals surface area contributed by atoms with E-state index in [1.165, 1.54) is 29.2 Å². The number of anilines is 2. The van der Waals surface area contributed by atoms with E-state index in [0.29, 0.717) is 29.4 Å². The van der Waals surface area contributed by atoms with Crippen molar-refractivity contribution in [3.8, 4) is 0 Å². The van der Waals surface area contributed by atoms with Gasteiger partial charge < -0.3 is 14.8 Å². The fraction of sp³-hybridized carbons (Fsp3) is 0.421. The minimum atomic E-state index is -3.35. The van der Waals surface area contributed by atoms with Crippen molar-refractivity contribution in [1.29, 1.82) is 0 Å². The molecule has 1 fully saturated rings. The molecule has 1 aromatic carbocycles. The van der Waals surface area contributed by atoms with Crippen LogP contribution in [0.1, 0.15) is 12.8 Å². The van der Waals surface area contributed by atoms with Gasteiger partial charge in [-0.25, -0.2) is 18.2 Å². The Bertz CT molecular complexity index is 1330. The molecular formula is C19H23N5O4S2. The summed E-state index contributed by atoms with van der Waals surface area (Å²) in [5.74, 6) is 0. The number of nitrogens with one attached hydrogen (secondary N) is 1. The van der Waals surface area contributed by atoms with Crippen molar-refractivity contribution in [2.24, 2.45) is 14.1 Å². The van der Waals surface area contributed by atoms with Crippen LogP contribution in [0.3, 0.4) is 0 Å². The number of hydrogen-bond donors (Lipinski definition) is 1. The largest absolute Gasteiger partial charge is 0.366 e. The third-order valence-corrected chi connectivity index (χ3v) is 7.45. The molecule has 0 aliphatic carbocycles. The summed E-state index contributed by atoms with van der Waals surface area (Å²) in [4.78, 5) is 31.1. The molecule has 0 spiro atoms. The third-order valence-electron chi connectivity index (χ3n) is 5.37. The molecule has 11 heteroatoms. The van der Waals surface area contributed by atoms with Gasteiger partial charge in [-0.3, -0.25) is 9.36 Å². The van der Waals surface area contributed by atoms with Gasteiger partial charge in [-0.05, 0) is 25.0 Å². The molecule has 4 rings (SSSR count). The molecule has 1 aliphatic heterocycles. The maximum atomic E-state index is 12.5. The average molecular weight is 450 g/mol. The summed E-state index contributed by atoms with van der Waals surface area (Å²) >= 11 is 1.43. The normalized spacial score (nSPS) is 15.6. The van der Waals surface area contributed by atoms with Gasteiger partial charge in [-0.2, -0.15) is 0 Å². The zero-order chi connectivity index (χ0) is 21.6. The fourth-order valence-corrected chi connectivity index (χ4v) is 5.60. The highest BCUT2D eigenvalue weighted by molar-refractivity contribution is 7.91. The van der Waals surface area contributed by atoms with E-state index in [9.17, 15) is 18.0 Å². The molecule has 2 aromatic heterocycles.